The number of carbonyl (C=O) groups is 2. The predicted octanol–water partition coefficient (Wildman–Crippen LogP) is 2.38. The molecule has 4 nitrogen and oxygen atoms in total. The molecule has 1 heterocycles. The highest BCUT2D eigenvalue weighted by Crippen LogP contribution is 2.23. The van der Waals surface area contributed by atoms with Crippen LogP contribution in [0.15, 0.2) is 36.5 Å². The van der Waals surface area contributed by atoms with E-state index in [2.05, 4.69) is 4.98 Å². The van der Waals surface area contributed by atoms with Crippen LogP contribution in [-0.2, 0) is 0 Å². The number of nitrogens with zero attached hydrogens (tertiary/aromatic N) is 1. The third kappa shape index (κ3) is 2.27. The Labute approximate surface area is 104 Å². The average Bonchev–Trinajstić information content (AvgIpc) is 2.46. The summed E-state index contributed by atoms with van der Waals surface area (Å²) in [6.07, 6.45) is 3.11. The quantitative estimate of drug-likeness (QED) is 0.771. The molecule has 1 aromatic carbocycles. The molecule has 4 heteroatoms. The number of hydrogen-bond donors (Lipinski definition) is 0. The van der Waals surface area contributed by atoms with E-state index in [0.717, 1.165) is 17.4 Å². The van der Waals surface area contributed by atoms with Crippen molar-refractivity contribution >= 4 is 12.6 Å². The molecule has 0 saturated heterocycles. The van der Waals surface area contributed by atoms with Crippen LogP contribution >= 0.6 is 0 Å². The average molecular weight is 241 g/mol. The maximum Gasteiger partial charge on any atom is 0.223 e. The van der Waals surface area contributed by atoms with Gasteiger partial charge in [-0.1, -0.05) is 24.3 Å². The van der Waals surface area contributed by atoms with Crippen LogP contribution in [0.25, 0.3) is 11.1 Å². The fourth-order valence-corrected chi connectivity index (χ4v) is 1.64. The predicted molar refractivity (Wildman–Crippen MR) is 67.0 cm³/mol. The summed E-state index contributed by atoms with van der Waals surface area (Å²) in [5.41, 5.74) is 2.69. The summed E-state index contributed by atoms with van der Waals surface area (Å²) in [6, 6.07) is 8.75. The SMILES string of the molecule is COc1ncc(-c2ccc(C=O)cc2)cc1C=O. The van der Waals surface area contributed by atoms with Crippen LogP contribution in [0.3, 0.4) is 0 Å². The van der Waals surface area contributed by atoms with Crippen LogP contribution in [0.4, 0.5) is 0 Å². The number of methoxy groups -OCH3 is 1. The molecular formula is C14H11NO3. The molecule has 0 atom stereocenters. The van der Waals surface area contributed by atoms with Crippen molar-refractivity contribution in [3.05, 3.63) is 47.7 Å². The lowest BCUT2D eigenvalue weighted by Crippen LogP contribution is -1.94. The Kier molecular flexibility index (Phi) is 3.48. The van der Waals surface area contributed by atoms with E-state index < -0.39 is 0 Å². The van der Waals surface area contributed by atoms with Gasteiger partial charge in [0, 0.05) is 17.3 Å². The second-order valence-electron chi connectivity index (χ2n) is 3.68. The van der Waals surface area contributed by atoms with E-state index in [4.69, 9.17) is 4.74 Å². The molecule has 1 aromatic heterocycles. The number of carbonyl (C=O) groups excluding carboxylic acids is 2. The topological polar surface area (TPSA) is 56.3 Å². The first kappa shape index (κ1) is 12.0. The summed E-state index contributed by atoms with van der Waals surface area (Å²) in [4.78, 5) is 25.5. The van der Waals surface area contributed by atoms with Crippen molar-refractivity contribution in [2.45, 2.75) is 0 Å². The summed E-state index contributed by atoms with van der Waals surface area (Å²) >= 11 is 0. The second-order valence-corrected chi connectivity index (χ2v) is 3.68. The molecule has 90 valence electrons. The molecule has 0 radical (unpaired) electrons. The minimum absolute atomic E-state index is 0.304. The molecule has 0 saturated carbocycles. The number of ether oxygens (including phenoxy) is 1. The number of hydrogen-bond acceptors (Lipinski definition) is 4. The molecule has 0 spiro atoms. The largest absolute Gasteiger partial charge is 0.480 e. The van der Waals surface area contributed by atoms with Gasteiger partial charge in [0.2, 0.25) is 5.88 Å². The number of pyridine rings is 1. The number of rotatable bonds is 4. The maximum absolute atomic E-state index is 10.9. The Balaban J connectivity index is 2.43. The van der Waals surface area contributed by atoms with E-state index in [1.54, 1.807) is 24.4 Å². The highest BCUT2D eigenvalue weighted by molar-refractivity contribution is 5.82. The first-order valence-electron chi connectivity index (χ1n) is 5.33. The van der Waals surface area contributed by atoms with Crippen LogP contribution in [0.5, 0.6) is 5.88 Å². The summed E-state index contributed by atoms with van der Waals surface area (Å²) in [6.45, 7) is 0. The Bertz CT molecular complexity index is 576. The minimum atomic E-state index is 0.304. The van der Waals surface area contributed by atoms with Gasteiger partial charge in [-0.25, -0.2) is 4.98 Å². The second kappa shape index (κ2) is 5.23. The molecule has 0 unspecified atom stereocenters. The van der Waals surface area contributed by atoms with Crippen LogP contribution in [0.2, 0.25) is 0 Å². The highest BCUT2D eigenvalue weighted by Gasteiger charge is 2.06. The van der Waals surface area contributed by atoms with Gasteiger partial charge in [0.25, 0.3) is 0 Å². The summed E-state index contributed by atoms with van der Waals surface area (Å²) in [5, 5.41) is 0. The molecule has 0 bridgehead atoms. The van der Waals surface area contributed by atoms with Crippen LogP contribution in [0.1, 0.15) is 20.7 Å². The smallest absolute Gasteiger partial charge is 0.223 e. The molecule has 0 aliphatic carbocycles. The molecule has 0 fully saturated rings. The number of aromatic nitrogens is 1. The van der Waals surface area contributed by atoms with Crippen molar-refractivity contribution in [3.8, 4) is 17.0 Å². The zero-order valence-corrected chi connectivity index (χ0v) is 9.79. The molecular weight excluding hydrogens is 230 g/mol. The Morgan fingerprint density at radius 2 is 1.78 bits per heavy atom. The first-order chi connectivity index (χ1) is 8.78. The maximum atomic E-state index is 10.9. The van der Waals surface area contributed by atoms with E-state index >= 15 is 0 Å². The van der Waals surface area contributed by atoms with Crippen molar-refractivity contribution < 1.29 is 14.3 Å². The molecule has 2 rings (SSSR count). The van der Waals surface area contributed by atoms with Crippen LogP contribution in [-0.4, -0.2) is 24.7 Å². The van der Waals surface area contributed by atoms with Crippen molar-refractivity contribution in [3.63, 3.8) is 0 Å². The molecule has 18 heavy (non-hydrogen) atoms. The first-order valence-corrected chi connectivity index (χ1v) is 5.33. The fourth-order valence-electron chi connectivity index (χ4n) is 1.64. The Morgan fingerprint density at radius 3 is 2.33 bits per heavy atom. The minimum Gasteiger partial charge on any atom is -0.480 e. The van der Waals surface area contributed by atoms with E-state index in [0.29, 0.717) is 23.3 Å². The molecule has 0 aliphatic heterocycles. The van der Waals surface area contributed by atoms with Gasteiger partial charge in [0.15, 0.2) is 6.29 Å². The number of benzene rings is 1. The third-order valence-electron chi connectivity index (χ3n) is 2.58. The zero-order valence-electron chi connectivity index (χ0n) is 9.79. The summed E-state index contributed by atoms with van der Waals surface area (Å²) in [7, 11) is 1.47. The monoisotopic (exact) mass is 241 g/mol. The van der Waals surface area contributed by atoms with Crippen molar-refractivity contribution in [2.75, 3.05) is 7.11 Å². The zero-order chi connectivity index (χ0) is 13.0. The van der Waals surface area contributed by atoms with Crippen molar-refractivity contribution in [1.82, 2.24) is 4.98 Å². The number of aldehydes is 2. The van der Waals surface area contributed by atoms with Crippen LogP contribution in [0, 0.1) is 0 Å². The van der Waals surface area contributed by atoms with Crippen LogP contribution < -0.4 is 4.74 Å². The van der Waals surface area contributed by atoms with Crippen molar-refractivity contribution in [1.29, 1.82) is 0 Å². The molecule has 0 N–H and O–H groups in total. The van der Waals surface area contributed by atoms with Gasteiger partial charge < -0.3 is 4.74 Å². The Hall–Kier alpha value is -2.49. The fraction of sp³-hybridized carbons (Fsp3) is 0.0714. The van der Waals surface area contributed by atoms with Gasteiger partial charge in [-0.05, 0) is 11.6 Å². The molecule has 0 aliphatic rings. The van der Waals surface area contributed by atoms with E-state index in [9.17, 15) is 9.59 Å². The summed E-state index contributed by atoms with van der Waals surface area (Å²) < 4.78 is 4.97. The van der Waals surface area contributed by atoms with Gasteiger partial charge in [0.05, 0.1) is 12.7 Å². The van der Waals surface area contributed by atoms with Gasteiger partial charge in [-0.3, -0.25) is 9.59 Å². The normalized spacial score (nSPS) is 9.83. The lowest BCUT2D eigenvalue weighted by Gasteiger charge is -2.05. The van der Waals surface area contributed by atoms with Gasteiger partial charge in [-0.15, -0.1) is 0 Å². The van der Waals surface area contributed by atoms with E-state index in [-0.39, 0.29) is 0 Å². The lowest BCUT2D eigenvalue weighted by atomic mass is 10.0. The third-order valence-corrected chi connectivity index (χ3v) is 2.58. The molecule has 2 aromatic rings. The van der Waals surface area contributed by atoms with Gasteiger partial charge in [-0.2, -0.15) is 0 Å². The standard InChI is InChI=1S/C14H11NO3/c1-18-14-13(9-17)6-12(7-15-14)11-4-2-10(8-16)3-5-11/h2-9H,1H3. The van der Waals surface area contributed by atoms with E-state index in [1.807, 2.05) is 12.1 Å². The Morgan fingerprint density at radius 1 is 1.06 bits per heavy atom. The summed E-state index contributed by atoms with van der Waals surface area (Å²) in [5.74, 6) is 0.304. The van der Waals surface area contributed by atoms with E-state index in [1.165, 1.54) is 7.11 Å². The highest BCUT2D eigenvalue weighted by atomic mass is 16.5. The van der Waals surface area contributed by atoms with Gasteiger partial charge in [0.1, 0.15) is 6.29 Å². The van der Waals surface area contributed by atoms with Crippen molar-refractivity contribution in [2.24, 2.45) is 0 Å². The lowest BCUT2D eigenvalue weighted by molar-refractivity contribution is 0.111. The van der Waals surface area contributed by atoms with Gasteiger partial charge >= 0.3 is 0 Å². The molecule has 0 amide bonds.